The SMILES string of the molecule is CC(C)(O)COc1cc(-c2ccc(N3CCC(C)(NC(=O)c4c(F)cccc4F)CC3)nc2)n2c(C#N)cnc2c1. The first-order chi connectivity index (χ1) is 19.5. The molecule has 0 bridgehead atoms. The van der Waals surface area contributed by atoms with E-state index in [1.54, 1.807) is 36.6 Å². The molecule has 41 heavy (non-hydrogen) atoms. The lowest BCUT2D eigenvalue weighted by molar-refractivity contribution is 0.0285. The molecule has 0 unspecified atom stereocenters. The molecule has 0 atom stereocenters. The van der Waals surface area contributed by atoms with Crippen molar-refractivity contribution in [3.05, 3.63) is 77.8 Å². The third-order valence-electron chi connectivity index (χ3n) is 7.13. The van der Waals surface area contributed by atoms with Crippen LogP contribution in [0, 0.1) is 23.0 Å². The molecule has 9 nitrogen and oxygen atoms in total. The van der Waals surface area contributed by atoms with Crippen LogP contribution in [0.25, 0.3) is 16.9 Å². The zero-order valence-electron chi connectivity index (χ0n) is 23.0. The Morgan fingerprint density at radius 1 is 1.15 bits per heavy atom. The summed E-state index contributed by atoms with van der Waals surface area (Å²) in [6.45, 7) is 6.40. The number of carbonyl (C=O) groups excluding carboxylic acids is 1. The molecule has 3 aromatic heterocycles. The lowest BCUT2D eigenvalue weighted by atomic mass is 9.89. The van der Waals surface area contributed by atoms with Gasteiger partial charge in [0.15, 0.2) is 0 Å². The number of nitrogens with zero attached hydrogens (tertiary/aromatic N) is 5. The topological polar surface area (TPSA) is 116 Å². The molecule has 0 aliphatic carbocycles. The Hall–Kier alpha value is -4.56. The summed E-state index contributed by atoms with van der Waals surface area (Å²) >= 11 is 0. The number of nitrogens with one attached hydrogen (secondary N) is 1. The van der Waals surface area contributed by atoms with Gasteiger partial charge < -0.3 is 20.1 Å². The molecule has 1 aliphatic rings. The van der Waals surface area contributed by atoms with E-state index in [9.17, 15) is 23.9 Å². The number of nitriles is 1. The van der Waals surface area contributed by atoms with Crippen LogP contribution in [0.2, 0.25) is 0 Å². The highest BCUT2D eigenvalue weighted by molar-refractivity contribution is 5.95. The van der Waals surface area contributed by atoms with E-state index in [0.29, 0.717) is 48.7 Å². The molecule has 0 spiro atoms. The van der Waals surface area contributed by atoms with E-state index in [4.69, 9.17) is 4.74 Å². The van der Waals surface area contributed by atoms with Gasteiger partial charge in [-0.2, -0.15) is 5.26 Å². The van der Waals surface area contributed by atoms with Crippen molar-refractivity contribution in [3.63, 3.8) is 0 Å². The van der Waals surface area contributed by atoms with Gasteiger partial charge in [0.05, 0.1) is 17.5 Å². The average Bonchev–Trinajstić information content (AvgIpc) is 3.34. The number of pyridine rings is 2. The summed E-state index contributed by atoms with van der Waals surface area (Å²) < 4.78 is 35.7. The van der Waals surface area contributed by atoms with E-state index in [0.717, 1.165) is 23.5 Å². The molecule has 1 aromatic carbocycles. The number of rotatable bonds is 7. The van der Waals surface area contributed by atoms with Crippen molar-refractivity contribution in [1.29, 1.82) is 5.26 Å². The van der Waals surface area contributed by atoms with Crippen LogP contribution in [0.15, 0.2) is 54.9 Å². The number of ether oxygens (including phenoxy) is 1. The number of fused-ring (bicyclic) bond motifs is 1. The van der Waals surface area contributed by atoms with Crippen LogP contribution in [0.1, 0.15) is 49.7 Å². The number of benzene rings is 1. The summed E-state index contributed by atoms with van der Waals surface area (Å²) in [5.41, 5.74) is 0.0617. The fraction of sp³-hybridized carbons (Fsp3) is 0.333. The summed E-state index contributed by atoms with van der Waals surface area (Å²) in [7, 11) is 0. The quantitative estimate of drug-likeness (QED) is 0.342. The van der Waals surface area contributed by atoms with Crippen LogP contribution in [-0.4, -0.2) is 56.2 Å². The van der Waals surface area contributed by atoms with E-state index in [1.165, 1.54) is 12.3 Å². The second kappa shape index (κ2) is 10.8. The Labute approximate surface area is 236 Å². The maximum atomic E-state index is 14.1. The smallest absolute Gasteiger partial charge is 0.257 e. The Balaban J connectivity index is 1.32. The second-order valence-electron chi connectivity index (χ2n) is 11.1. The van der Waals surface area contributed by atoms with Crippen molar-refractivity contribution in [3.8, 4) is 23.1 Å². The fourth-order valence-corrected chi connectivity index (χ4v) is 4.85. The van der Waals surface area contributed by atoms with Crippen LogP contribution in [0.3, 0.4) is 0 Å². The lowest BCUT2D eigenvalue weighted by Crippen LogP contribution is -2.53. The Morgan fingerprint density at radius 2 is 1.85 bits per heavy atom. The number of halogens is 2. The molecule has 212 valence electrons. The number of hydrogen-bond acceptors (Lipinski definition) is 7. The molecule has 1 aliphatic heterocycles. The highest BCUT2D eigenvalue weighted by atomic mass is 19.1. The highest BCUT2D eigenvalue weighted by Gasteiger charge is 2.33. The third kappa shape index (κ3) is 5.98. The largest absolute Gasteiger partial charge is 0.490 e. The summed E-state index contributed by atoms with van der Waals surface area (Å²) in [6.07, 6.45) is 4.31. The number of carbonyl (C=O) groups is 1. The number of imidazole rings is 1. The molecule has 0 radical (unpaired) electrons. The second-order valence-corrected chi connectivity index (χ2v) is 11.1. The van der Waals surface area contributed by atoms with Gasteiger partial charge in [-0.1, -0.05) is 6.07 Å². The van der Waals surface area contributed by atoms with Crippen LogP contribution in [-0.2, 0) is 0 Å². The average molecular weight is 561 g/mol. The molecular weight excluding hydrogens is 530 g/mol. The molecule has 2 N–H and O–H groups in total. The monoisotopic (exact) mass is 560 g/mol. The minimum atomic E-state index is -1.02. The normalized spacial score (nSPS) is 15.0. The predicted octanol–water partition coefficient (Wildman–Crippen LogP) is 4.48. The molecule has 1 fully saturated rings. The number of aliphatic hydroxyl groups is 1. The fourth-order valence-electron chi connectivity index (χ4n) is 4.85. The molecule has 4 heterocycles. The molecule has 0 saturated carbocycles. The van der Waals surface area contributed by atoms with Crippen molar-refractivity contribution in [2.75, 3.05) is 24.6 Å². The summed E-state index contributed by atoms with van der Waals surface area (Å²) in [5.74, 6) is -1.31. The van der Waals surface area contributed by atoms with E-state index < -0.39 is 34.2 Å². The molecule has 5 rings (SSSR count). The molecule has 1 amide bonds. The first-order valence-electron chi connectivity index (χ1n) is 13.2. The van der Waals surface area contributed by atoms with E-state index >= 15 is 0 Å². The van der Waals surface area contributed by atoms with Crippen molar-refractivity contribution in [2.24, 2.45) is 0 Å². The minimum absolute atomic E-state index is 0.0786. The van der Waals surface area contributed by atoms with Crippen molar-refractivity contribution < 1.29 is 23.4 Å². The first kappa shape index (κ1) is 28.0. The van der Waals surface area contributed by atoms with Gasteiger partial charge in [-0.15, -0.1) is 0 Å². The summed E-state index contributed by atoms with van der Waals surface area (Å²) in [5, 5.41) is 22.5. The number of piperidine rings is 1. The van der Waals surface area contributed by atoms with Gasteiger partial charge in [0.25, 0.3) is 5.91 Å². The van der Waals surface area contributed by atoms with Gasteiger partial charge in [0, 0.05) is 42.5 Å². The highest BCUT2D eigenvalue weighted by Crippen LogP contribution is 2.30. The van der Waals surface area contributed by atoms with Crippen molar-refractivity contribution in [2.45, 2.75) is 44.8 Å². The number of aromatic nitrogens is 3. The maximum Gasteiger partial charge on any atom is 0.257 e. The van der Waals surface area contributed by atoms with Gasteiger partial charge in [-0.25, -0.2) is 18.7 Å². The van der Waals surface area contributed by atoms with Gasteiger partial charge in [0.1, 0.15) is 52.8 Å². The number of anilines is 1. The van der Waals surface area contributed by atoms with E-state index in [-0.39, 0.29) is 6.61 Å². The van der Waals surface area contributed by atoms with E-state index in [2.05, 4.69) is 26.3 Å². The molecular formula is C30H30F2N6O3. The van der Waals surface area contributed by atoms with Crippen LogP contribution in [0.4, 0.5) is 14.6 Å². The number of hydrogen-bond donors (Lipinski definition) is 2. The Kier molecular flexibility index (Phi) is 7.36. The maximum absolute atomic E-state index is 14.1. The van der Waals surface area contributed by atoms with Gasteiger partial charge in [-0.3, -0.25) is 9.20 Å². The number of amides is 1. The third-order valence-corrected chi connectivity index (χ3v) is 7.13. The summed E-state index contributed by atoms with van der Waals surface area (Å²) in [4.78, 5) is 23.7. The standard InChI is InChI=1S/C30H30F2N6O3/c1-29(2,40)18-41-21-13-24(38-20(15-33)17-35-26(38)14-21)19-7-8-25(34-16-19)37-11-9-30(3,10-12-37)36-28(39)27-22(31)5-4-6-23(27)32/h4-8,13-14,16-17,40H,9-12,18H2,1-3H3,(H,36,39). The molecule has 4 aromatic rings. The predicted molar refractivity (Wildman–Crippen MR) is 149 cm³/mol. The van der Waals surface area contributed by atoms with Crippen molar-refractivity contribution in [1.82, 2.24) is 19.7 Å². The van der Waals surface area contributed by atoms with E-state index in [1.807, 2.05) is 19.1 Å². The van der Waals surface area contributed by atoms with Gasteiger partial charge in [0.2, 0.25) is 0 Å². The van der Waals surface area contributed by atoms with Crippen molar-refractivity contribution >= 4 is 17.4 Å². The first-order valence-corrected chi connectivity index (χ1v) is 13.2. The van der Waals surface area contributed by atoms with Gasteiger partial charge in [-0.05, 0) is 57.9 Å². The van der Waals surface area contributed by atoms with Crippen LogP contribution < -0.4 is 15.0 Å². The zero-order chi connectivity index (χ0) is 29.4. The van der Waals surface area contributed by atoms with Crippen LogP contribution in [0.5, 0.6) is 5.75 Å². The molecule has 1 saturated heterocycles. The van der Waals surface area contributed by atoms with Crippen LogP contribution >= 0.6 is 0 Å². The zero-order valence-corrected chi connectivity index (χ0v) is 23.0. The Morgan fingerprint density at radius 3 is 2.46 bits per heavy atom. The lowest BCUT2D eigenvalue weighted by Gasteiger charge is -2.40. The minimum Gasteiger partial charge on any atom is -0.490 e. The summed E-state index contributed by atoms with van der Waals surface area (Å²) in [6, 6.07) is 12.8. The molecule has 11 heteroatoms. The Bertz CT molecular complexity index is 1610. The van der Waals surface area contributed by atoms with Gasteiger partial charge >= 0.3 is 0 Å².